The lowest BCUT2D eigenvalue weighted by atomic mass is 10.2. The van der Waals surface area contributed by atoms with Crippen LogP contribution in [-0.4, -0.2) is 30.5 Å². The molecule has 0 saturated heterocycles. The van der Waals surface area contributed by atoms with Crippen molar-refractivity contribution in [3.63, 3.8) is 0 Å². The van der Waals surface area contributed by atoms with E-state index in [0.717, 1.165) is 6.07 Å². The monoisotopic (exact) mass is 250 g/mol. The lowest BCUT2D eigenvalue weighted by Gasteiger charge is -2.18. The van der Waals surface area contributed by atoms with Crippen LogP contribution in [0.15, 0.2) is 18.2 Å². The molecule has 1 amide bonds. The second-order valence-electron chi connectivity index (χ2n) is 3.61. The van der Waals surface area contributed by atoms with Crippen molar-refractivity contribution in [3.05, 3.63) is 29.6 Å². The zero-order valence-electron chi connectivity index (χ0n) is 10.4. The van der Waals surface area contributed by atoms with Crippen LogP contribution in [0.1, 0.15) is 19.4 Å². The number of carbonyl (C=O) groups excluding carboxylic acids is 1. The van der Waals surface area contributed by atoms with Crippen molar-refractivity contribution in [1.29, 1.82) is 5.26 Å². The number of halogens is 1. The van der Waals surface area contributed by atoms with E-state index in [1.807, 2.05) is 13.8 Å². The molecule has 0 aliphatic carbocycles. The molecule has 4 nitrogen and oxygen atoms in total. The summed E-state index contributed by atoms with van der Waals surface area (Å²) >= 11 is 0. The maximum absolute atomic E-state index is 13.3. The van der Waals surface area contributed by atoms with Crippen molar-refractivity contribution >= 4 is 5.91 Å². The standard InChI is InChI=1S/C13H15FN2O2/c1-3-16(4-2)13(17)9-18-11-6-5-10(8-15)12(14)7-11/h5-7H,3-4,9H2,1-2H3. The maximum Gasteiger partial charge on any atom is 0.260 e. The average molecular weight is 250 g/mol. The van der Waals surface area contributed by atoms with E-state index in [9.17, 15) is 9.18 Å². The predicted octanol–water partition coefficient (Wildman–Crippen LogP) is 1.94. The van der Waals surface area contributed by atoms with Gasteiger partial charge in [-0.05, 0) is 26.0 Å². The summed E-state index contributed by atoms with van der Waals surface area (Å²) in [5.41, 5.74) is -0.0441. The van der Waals surface area contributed by atoms with Crippen LogP contribution in [0.3, 0.4) is 0 Å². The first-order chi connectivity index (χ1) is 8.62. The van der Waals surface area contributed by atoms with Crippen LogP contribution in [0, 0.1) is 17.1 Å². The summed E-state index contributed by atoms with van der Waals surface area (Å²) in [6.07, 6.45) is 0. The SMILES string of the molecule is CCN(CC)C(=O)COc1ccc(C#N)c(F)c1. The molecule has 0 aliphatic heterocycles. The van der Waals surface area contributed by atoms with Gasteiger partial charge in [0.25, 0.3) is 5.91 Å². The van der Waals surface area contributed by atoms with Gasteiger partial charge in [-0.3, -0.25) is 4.79 Å². The van der Waals surface area contributed by atoms with Gasteiger partial charge in [0.15, 0.2) is 6.61 Å². The summed E-state index contributed by atoms with van der Waals surface area (Å²) in [7, 11) is 0. The van der Waals surface area contributed by atoms with E-state index in [0.29, 0.717) is 13.1 Å². The molecule has 0 bridgehead atoms. The number of benzene rings is 1. The highest BCUT2D eigenvalue weighted by molar-refractivity contribution is 5.77. The van der Waals surface area contributed by atoms with Crippen LogP contribution < -0.4 is 4.74 Å². The molecular formula is C13H15FN2O2. The number of amides is 1. The first-order valence-corrected chi connectivity index (χ1v) is 5.72. The number of hydrogen-bond donors (Lipinski definition) is 0. The van der Waals surface area contributed by atoms with E-state index in [1.54, 1.807) is 11.0 Å². The zero-order chi connectivity index (χ0) is 13.5. The fourth-order valence-corrected chi connectivity index (χ4v) is 1.49. The van der Waals surface area contributed by atoms with Crippen LogP contribution in [0.25, 0.3) is 0 Å². The van der Waals surface area contributed by atoms with Crippen LogP contribution in [0.5, 0.6) is 5.75 Å². The summed E-state index contributed by atoms with van der Waals surface area (Å²) in [6, 6.07) is 5.62. The summed E-state index contributed by atoms with van der Waals surface area (Å²) in [5, 5.41) is 8.57. The Morgan fingerprint density at radius 2 is 2.11 bits per heavy atom. The van der Waals surface area contributed by atoms with Crippen molar-refractivity contribution in [3.8, 4) is 11.8 Å². The van der Waals surface area contributed by atoms with Crippen molar-refractivity contribution < 1.29 is 13.9 Å². The van der Waals surface area contributed by atoms with Gasteiger partial charge in [0, 0.05) is 19.2 Å². The van der Waals surface area contributed by atoms with Gasteiger partial charge in [-0.15, -0.1) is 0 Å². The Morgan fingerprint density at radius 3 is 2.61 bits per heavy atom. The molecule has 18 heavy (non-hydrogen) atoms. The molecule has 1 rings (SSSR count). The Kier molecular flexibility index (Phi) is 5.12. The molecule has 1 aromatic rings. The van der Waals surface area contributed by atoms with Gasteiger partial charge < -0.3 is 9.64 Å². The van der Waals surface area contributed by atoms with Crippen LogP contribution in [0.4, 0.5) is 4.39 Å². The van der Waals surface area contributed by atoms with Gasteiger partial charge in [0.1, 0.15) is 17.6 Å². The third-order valence-corrected chi connectivity index (χ3v) is 2.54. The Morgan fingerprint density at radius 1 is 1.44 bits per heavy atom. The highest BCUT2D eigenvalue weighted by Crippen LogP contribution is 2.15. The number of rotatable bonds is 5. The third-order valence-electron chi connectivity index (χ3n) is 2.54. The molecule has 0 atom stereocenters. The van der Waals surface area contributed by atoms with Crippen molar-refractivity contribution in [1.82, 2.24) is 4.90 Å². The predicted molar refractivity (Wildman–Crippen MR) is 64.5 cm³/mol. The Balaban J connectivity index is 2.62. The molecule has 0 N–H and O–H groups in total. The van der Waals surface area contributed by atoms with Gasteiger partial charge in [-0.25, -0.2) is 4.39 Å². The molecule has 0 saturated carbocycles. The average Bonchev–Trinajstić information content (AvgIpc) is 2.38. The number of hydrogen-bond acceptors (Lipinski definition) is 3. The van der Waals surface area contributed by atoms with Gasteiger partial charge in [-0.1, -0.05) is 0 Å². The largest absolute Gasteiger partial charge is 0.484 e. The minimum atomic E-state index is -0.648. The smallest absolute Gasteiger partial charge is 0.260 e. The fraction of sp³-hybridized carbons (Fsp3) is 0.385. The first-order valence-electron chi connectivity index (χ1n) is 5.72. The van der Waals surface area contributed by atoms with Crippen LogP contribution >= 0.6 is 0 Å². The summed E-state index contributed by atoms with van der Waals surface area (Å²) < 4.78 is 18.5. The number of nitrogens with zero attached hydrogens (tertiary/aromatic N) is 2. The quantitative estimate of drug-likeness (QED) is 0.802. The molecular weight excluding hydrogens is 235 g/mol. The Hall–Kier alpha value is -2.09. The minimum absolute atomic E-state index is 0.0441. The topological polar surface area (TPSA) is 53.3 Å². The zero-order valence-corrected chi connectivity index (χ0v) is 10.4. The first kappa shape index (κ1) is 14.0. The van der Waals surface area contributed by atoms with Crippen molar-refractivity contribution in [2.75, 3.05) is 19.7 Å². The lowest BCUT2D eigenvalue weighted by molar-refractivity contribution is -0.132. The highest BCUT2D eigenvalue weighted by atomic mass is 19.1. The van der Waals surface area contributed by atoms with E-state index in [2.05, 4.69) is 0 Å². The molecule has 0 aromatic heterocycles. The number of likely N-dealkylation sites (N-methyl/N-ethyl adjacent to an activating group) is 1. The second-order valence-corrected chi connectivity index (χ2v) is 3.61. The van der Waals surface area contributed by atoms with Crippen molar-refractivity contribution in [2.24, 2.45) is 0 Å². The number of ether oxygens (including phenoxy) is 1. The van der Waals surface area contributed by atoms with E-state index in [1.165, 1.54) is 12.1 Å². The van der Waals surface area contributed by atoms with Gasteiger partial charge in [-0.2, -0.15) is 5.26 Å². The van der Waals surface area contributed by atoms with E-state index in [4.69, 9.17) is 10.00 Å². The molecule has 0 unspecified atom stereocenters. The second kappa shape index (κ2) is 6.60. The maximum atomic E-state index is 13.3. The Bertz CT molecular complexity index is 465. The molecule has 0 spiro atoms. The molecule has 0 aliphatic rings. The van der Waals surface area contributed by atoms with E-state index in [-0.39, 0.29) is 23.8 Å². The Labute approximate surface area is 106 Å². The molecule has 5 heteroatoms. The molecule has 1 aromatic carbocycles. The highest BCUT2D eigenvalue weighted by Gasteiger charge is 2.11. The fourth-order valence-electron chi connectivity index (χ4n) is 1.49. The van der Waals surface area contributed by atoms with Crippen molar-refractivity contribution in [2.45, 2.75) is 13.8 Å². The van der Waals surface area contributed by atoms with Crippen LogP contribution in [-0.2, 0) is 4.79 Å². The van der Waals surface area contributed by atoms with E-state index < -0.39 is 5.82 Å². The molecule has 96 valence electrons. The lowest BCUT2D eigenvalue weighted by Crippen LogP contribution is -2.34. The van der Waals surface area contributed by atoms with Crippen LogP contribution in [0.2, 0.25) is 0 Å². The summed E-state index contributed by atoms with van der Waals surface area (Å²) in [6.45, 7) is 4.85. The summed E-state index contributed by atoms with van der Waals surface area (Å²) in [4.78, 5) is 13.3. The van der Waals surface area contributed by atoms with Gasteiger partial charge in [0.2, 0.25) is 0 Å². The number of nitriles is 1. The number of carbonyl (C=O) groups is 1. The molecule has 0 fully saturated rings. The van der Waals surface area contributed by atoms with Gasteiger partial charge >= 0.3 is 0 Å². The summed E-state index contributed by atoms with van der Waals surface area (Å²) in [5.74, 6) is -0.554. The molecule has 0 radical (unpaired) electrons. The minimum Gasteiger partial charge on any atom is -0.484 e. The van der Waals surface area contributed by atoms with Gasteiger partial charge in [0.05, 0.1) is 5.56 Å². The normalized spacial score (nSPS) is 9.67. The molecule has 0 heterocycles. The van der Waals surface area contributed by atoms with E-state index >= 15 is 0 Å². The third kappa shape index (κ3) is 3.45.